The third kappa shape index (κ3) is 3.68. The molecule has 0 amide bonds. The van der Waals surface area contributed by atoms with Crippen molar-refractivity contribution >= 4 is 23.5 Å². The second-order valence-electron chi connectivity index (χ2n) is 5.55. The molecule has 0 atom stereocenters. The first-order chi connectivity index (χ1) is 9.83. The van der Waals surface area contributed by atoms with Gasteiger partial charge in [0.25, 0.3) is 0 Å². The van der Waals surface area contributed by atoms with E-state index in [1.165, 1.54) is 52.8 Å². The Morgan fingerprint density at radius 1 is 1.15 bits per heavy atom. The highest BCUT2D eigenvalue weighted by molar-refractivity contribution is 8.03. The van der Waals surface area contributed by atoms with Gasteiger partial charge in [-0.25, -0.2) is 9.97 Å². The van der Waals surface area contributed by atoms with E-state index >= 15 is 0 Å². The van der Waals surface area contributed by atoms with E-state index in [-0.39, 0.29) is 0 Å². The van der Waals surface area contributed by atoms with Crippen molar-refractivity contribution in [3.05, 3.63) is 22.8 Å². The highest BCUT2D eigenvalue weighted by Gasteiger charge is 2.17. The van der Waals surface area contributed by atoms with Crippen LogP contribution in [0.5, 0.6) is 0 Å². The summed E-state index contributed by atoms with van der Waals surface area (Å²) >= 11 is 4.15. The van der Waals surface area contributed by atoms with Crippen molar-refractivity contribution in [1.82, 2.24) is 15.3 Å². The Hall–Kier alpha value is -0.260. The molecule has 0 bridgehead atoms. The Morgan fingerprint density at radius 2 is 1.95 bits per heavy atom. The predicted octanol–water partition coefficient (Wildman–Crippen LogP) is 2.25. The molecule has 1 aromatic rings. The van der Waals surface area contributed by atoms with Gasteiger partial charge in [-0.2, -0.15) is 23.5 Å². The lowest BCUT2D eigenvalue weighted by Crippen LogP contribution is -2.34. The molecule has 20 heavy (non-hydrogen) atoms. The molecule has 1 fully saturated rings. The summed E-state index contributed by atoms with van der Waals surface area (Å²) in [5, 5.41) is 3.68. The zero-order valence-corrected chi connectivity index (χ0v) is 13.8. The molecule has 3 rings (SSSR count). The van der Waals surface area contributed by atoms with Crippen molar-refractivity contribution in [3.63, 3.8) is 0 Å². The van der Waals surface area contributed by atoms with Gasteiger partial charge in [0.2, 0.25) is 0 Å². The van der Waals surface area contributed by atoms with Crippen molar-refractivity contribution in [2.45, 2.75) is 38.6 Å². The van der Waals surface area contributed by atoms with Gasteiger partial charge in [0, 0.05) is 53.4 Å². The molecule has 2 aliphatic rings. The fourth-order valence-corrected chi connectivity index (χ4v) is 5.38. The van der Waals surface area contributed by atoms with Crippen LogP contribution < -0.4 is 5.32 Å². The maximum Gasteiger partial charge on any atom is 0.130 e. The van der Waals surface area contributed by atoms with Gasteiger partial charge in [0.05, 0.1) is 0 Å². The number of aryl methyl sites for hydroxylation is 2. The van der Waals surface area contributed by atoms with Gasteiger partial charge in [0.15, 0.2) is 0 Å². The average molecular weight is 310 g/mol. The molecule has 1 aliphatic heterocycles. The molecule has 110 valence electrons. The molecule has 1 N–H and O–H groups in total. The number of thioether (sulfide) groups is 2. The first-order valence-corrected chi connectivity index (χ1v) is 9.88. The van der Waals surface area contributed by atoms with Gasteiger partial charge < -0.3 is 5.32 Å². The van der Waals surface area contributed by atoms with E-state index in [1.807, 2.05) is 0 Å². The number of rotatable bonds is 4. The number of fused-ring (bicyclic) bond motifs is 1. The number of hydrogen-bond donors (Lipinski definition) is 1. The molecule has 1 aromatic heterocycles. The Balaban J connectivity index is 1.52. The number of aromatic nitrogens is 2. The van der Waals surface area contributed by atoms with Crippen LogP contribution in [-0.4, -0.2) is 45.6 Å². The van der Waals surface area contributed by atoms with E-state index in [2.05, 4.69) is 40.7 Å². The highest BCUT2D eigenvalue weighted by atomic mass is 32.2. The van der Waals surface area contributed by atoms with Gasteiger partial charge in [-0.15, -0.1) is 0 Å². The van der Waals surface area contributed by atoms with Gasteiger partial charge in [-0.05, 0) is 31.7 Å². The molecular weight excluding hydrogens is 286 g/mol. The van der Waals surface area contributed by atoms with Crippen molar-refractivity contribution in [2.24, 2.45) is 0 Å². The second kappa shape index (κ2) is 7.14. The molecular formula is C15H23N3S2. The minimum Gasteiger partial charge on any atom is -0.312 e. The van der Waals surface area contributed by atoms with Crippen molar-refractivity contribution in [1.29, 1.82) is 0 Å². The molecule has 1 saturated heterocycles. The standard InChI is InChI=1S/C15H23N3S2/c1-11-13-3-2-4-14(13)18-15(17-11)5-6-16-12-9-19-7-8-20-10-12/h12,16H,2-10H2,1H3. The van der Waals surface area contributed by atoms with Crippen LogP contribution in [0, 0.1) is 6.92 Å². The quantitative estimate of drug-likeness (QED) is 0.923. The monoisotopic (exact) mass is 309 g/mol. The third-order valence-corrected chi connectivity index (χ3v) is 6.50. The van der Waals surface area contributed by atoms with Gasteiger partial charge in [0.1, 0.15) is 5.82 Å². The average Bonchev–Trinajstić information content (AvgIpc) is 2.76. The van der Waals surface area contributed by atoms with E-state index in [0.717, 1.165) is 25.2 Å². The van der Waals surface area contributed by atoms with Crippen LogP contribution in [0.25, 0.3) is 0 Å². The van der Waals surface area contributed by atoms with Crippen molar-refractivity contribution < 1.29 is 0 Å². The summed E-state index contributed by atoms with van der Waals surface area (Å²) in [7, 11) is 0. The fourth-order valence-electron chi connectivity index (χ4n) is 2.92. The Labute approximate surface area is 130 Å². The van der Waals surface area contributed by atoms with Crippen LogP contribution in [0.4, 0.5) is 0 Å². The lowest BCUT2D eigenvalue weighted by Gasteiger charge is -2.15. The summed E-state index contributed by atoms with van der Waals surface area (Å²) in [6.45, 7) is 3.14. The van der Waals surface area contributed by atoms with Crippen LogP contribution in [0.1, 0.15) is 29.2 Å². The summed E-state index contributed by atoms with van der Waals surface area (Å²) in [6, 6.07) is 0.656. The van der Waals surface area contributed by atoms with E-state index in [1.54, 1.807) is 0 Å². The predicted molar refractivity (Wildman–Crippen MR) is 88.9 cm³/mol. The fraction of sp³-hybridized carbons (Fsp3) is 0.733. The largest absolute Gasteiger partial charge is 0.312 e. The third-order valence-electron chi connectivity index (χ3n) is 3.98. The van der Waals surface area contributed by atoms with Crippen LogP contribution in [-0.2, 0) is 19.3 Å². The summed E-state index contributed by atoms with van der Waals surface area (Å²) in [5.74, 6) is 6.13. The molecule has 0 aromatic carbocycles. The molecule has 0 spiro atoms. The van der Waals surface area contributed by atoms with E-state index in [4.69, 9.17) is 4.98 Å². The summed E-state index contributed by atoms with van der Waals surface area (Å²) in [6.07, 6.45) is 4.54. The van der Waals surface area contributed by atoms with Crippen molar-refractivity contribution in [2.75, 3.05) is 29.6 Å². The van der Waals surface area contributed by atoms with Gasteiger partial charge in [-0.3, -0.25) is 0 Å². The number of nitrogens with zero attached hydrogens (tertiary/aromatic N) is 2. The maximum absolute atomic E-state index is 4.75. The Bertz CT molecular complexity index is 457. The molecule has 0 unspecified atom stereocenters. The Kier molecular flexibility index (Phi) is 5.24. The van der Waals surface area contributed by atoms with Gasteiger partial charge >= 0.3 is 0 Å². The molecule has 3 nitrogen and oxygen atoms in total. The minimum absolute atomic E-state index is 0.656. The lowest BCUT2D eigenvalue weighted by atomic mass is 10.2. The zero-order valence-electron chi connectivity index (χ0n) is 12.2. The smallest absolute Gasteiger partial charge is 0.130 e. The molecule has 5 heteroatoms. The number of hydrogen-bond acceptors (Lipinski definition) is 5. The molecule has 1 aliphatic carbocycles. The first-order valence-electron chi connectivity index (χ1n) is 7.57. The van der Waals surface area contributed by atoms with E-state index in [9.17, 15) is 0 Å². The molecule has 0 radical (unpaired) electrons. The topological polar surface area (TPSA) is 37.8 Å². The number of nitrogens with one attached hydrogen (secondary N) is 1. The summed E-state index contributed by atoms with van der Waals surface area (Å²) < 4.78 is 0. The maximum atomic E-state index is 4.75. The van der Waals surface area contributed by atoms with Crippen LogP contribution >= 0.6 is 23.5 Å². The van der Waals surface area contributed by atoms with Crippen LogP contribution in [0.2, 0.25) is 0 Å². The Morgan fingerprint density at radius 3 is 2.75 bits per heavy atom. The summed E-state index contributed by atoms with van der Waals surface area (Å²) in [5.41, 5.74) is 3.94. The van der Waals surface area contributed by atoms with E-state index in [0.29, 0.717) is 6.04 Å². The normalized spacial score (nSPS) is 19.9. The van der Waals surface area contributed by atoms with E-state index < -0.39 is 0 Å². The first kappa shape index (κ1) is 14.7. The van der Waals surface area contributed by atoms with Gasteiger partial charge in [-0.1, -0.05) is 0 Å². The lowest BCUT2D eigenvalue weighted by molar-refractivity contribution is 0.595. The second-order valence-corrected chi connectivity index (χ2v) is 7.85. The minimum atomic E-state index is 0.656. The molecule has 0 saturated carbocycles. The molecule has 2 heterocycles. The summed E-state index contributed by atoms with van der Waals surface area (Å²) in [4.78, 5) is 9.44. The van der Waals surface area contributed by atoms with Crippen LogP contribution in [0.3, 0.4) is 0 Å². The van der Waals surface area contributed by atoms with Crippen molar-refractivity contribution in [3.8, 4) is 0 Å². The van der Waals surface area contributed by atoms with Crippen LogP contribution in [0.15, 0.2) is 0 Å². The SMILES string of the molecule is Cc1nc(CCNC2CSCCSC2)nc2c1CCC2. The zero-order chi connectivity index (χ0) is 13.8. The highest BCUT2D eigenvalue weighted by Crippen LogP contribution is 2.22.